The topological polar surface area (TPSA) is 78.5 Å². The summed E-state index contributed by atoms with van der Waals surface area (Å²) in [5.74, 6) is -0.325. The lowest BCUT2D eigenvalue weighted by atomic mass is 9.76. The Morgan fingerprint density at radius 2 is 2.26 bits per heavy atom. The van der Waals surface area contributed by atoms with Gasteiger partial charge in [-0.15, -0.1) is 0 Å². The van der Waals surface area contributed by atoms with Crippen LogP contribution in [0, 0.1) is 17.8 Å². The number of carbonyl (C=O) groups is 2. The predicted octanol–water partition coefficient (Wildman–Crippen LogP) is 1.59. The van der Waals surface area contributed by atoms with Crippen LogP contribution in [0.15, 0.2) is 24.4 Å². The van der Waals surface area contributed by atoms with Crippen LogP contribution >= 0.6 is 0 Å². The van der Waals surface area contributed by atoms with Crippen molar-refractivity contribution in [2.24, 2.45) is 17.8 Å². The third-order valence-electron chi connectivity index (χ3n) is 6.44. The van der Waals surface area contributed by atoms with E-state index < -0.39 is 17.4 Å². The van der Waals surface area contributed by atoms with E-state index in [2.05, 4.69) is 24.0 Å². The molecule has 27 heavy (non-hydrogen) atoms. The highest BCUT2D eigenvalue weighted by Gasteiger charge is 2.67. The molecule has 3 aliphatic rings. The second kappa shape index (κ2) is 6.78. The zero-order chi connectivity index (χ0) is 19.2. The number of ether oxygens (including phenoxy) is 1. The van der Waals surface area contributed by atoms with E-state index >= 15 is 0 Å². The average molecular weight is 372 g/mol. The molecule has 2 amide bonds. The molecular formula is C20H28N4O3. The van der Waals surface area contributed by atoms with Crippen molar-refractivity contribution >= 4 is 11.8 Å². The van der Waals surface area contributed by atoms with Crippen LogP contribution in [-0.4, -0.2) is 63.7 Å². The normalized spacial score (nSPS) is 31.2. The highest BCUT2D eigenvalue weighted by atomic mass is 16.5. The fraction of sp³-hybridized carbons (Fsp3) is 0.650. The van der Waals surface area contributed by atoms with E-state index in [0.717, 1.165) is 25.1 Å². The Kier molecular flexibility index (Phi) is 4.58. The molecule has 1 spiro atoms. The zero-order valence-electron chi connectivity index (χ0n) is 16.2. The van der Waals surface area contributed by atoms with Crippen molar-refractivity contribution in [1.29, 1.82) is 0 Å². The second-order valence-corrected chi connectivity index (χ2v) is 8.08. The first-order chi connectivity index (χ1) is 13.0. The summed E-state index contributed by atoms with van der Waals surface area (Å²) in [5.41, 5.74) is 0.247. The minimum atomic E-state index is -0.622. The smallest absolute Gasteiger partial charge is 0.230 e. The molecule has 2 saturated heterocycles. The number of likely N-dealkylation sites (tertiary alicyclic amines) is 1. The largest absolute Gasteiger partial charge is 0.360 e. The molecule has 0 aromatic carbocycles. The van der Waals surface area contributed by atoms with Gasteiger partial charge in [0.05, 0.1) is 36.7 Å². The van der Waals surface area contributed by atoms with Gasteiger partial charge in [-0.1, -0.05) is 38.8 Å². The van der Waals surface area contributed by atoms with Gasteiger partial charge in [0.2, 0.25) is 11.8 Å². The Morgan fingerprint density at radius 1 is 1.48 bits per heavy atom. The van der Waals surface area contributed by atoms with Crippen molar-refractivity contribution < 1.29 is 14.3 Å². The fourth-order valence-corrected chi connectivity index (χ4v) is 4.83. The molecule has 2 bridgehead atoms. The number of amides is 2. The van der Waals surface area contributed by atoms with Gasteiger partial charge in [-0.25, -0.2) is 0 Å². The van der Waals surface area contributed by atoms with Gasteiger partial charge in [0, 0.05) is 19.8 Å². The van der Waals surface area contributed by atoms with Crippen LogP contribution in [-0.2, 0) is 20.9 Å². The number of nitrogens with one attached hydrogen (secondary N) is 1. The van der Waals surface area contributed by atoms with Crippen LogP contribution in [0.5, 0.6) is 0 Å². The van der Waals surface area contributed by atoms with E-state index in [9.17, 15) is 9.59 Å². The summed E-state index contributed by atoms with van der Waals surface area (Å²) in [6.07, 6.45) is 7.45. The maximum absolute atomic E-state index is 13.2. The van der Waals surface area contributed by atoms with Crippen LogP contribution in [0.25, 0.3) is 0 Å². The molecule has 3 aliphatic heterocycles. The lowest BCUT2D eigenvalue weighted by Gasteiger charge is -2.28. The Balaban J connectivity index is 1.53. The third kappa shape index (κ3) is 2.88. The molecule has 1 N–H and O–H groups in total. The van der Waals surface area contributed by atoms with E-state index in [4.69, 9.17) is 4.74 Å². The number of hydrogen-bond donors (Lipinski definition) is 1. The number of rotatable bonds is 7. The van der Waals surface area contributed by atoms with Crippen molar-refractivity contribution in [3.8, 4) is 0 Å². The molecule has 7 nitrogen and oxygen atoms in total. The molecule has 0 saturated carbocycles. The van der Waals surface area contributed by atoms with Crippen molar-refractivity contribution in [2.45, 2.75) is 44.9 Å². The highest BCUT2D eigenvalue weighted by molar-refractivity contribution is 5.93. The number of carbonyl (C=O) groups excluding carboxylic acids is 2. The van der Waals surface area contributed by atoms with Gasteiger partial charge in [-0.2, -0.15) is 5.10 Å². The number of nitrogens with zero attached hydrogens (tertiary/aromatic N) is 3. The van der Waals surface area contributed by atoms with E-state index in [1.54, 1.807) is 18.1 Å². The molecular weight excluding hydrogens is 344 g/mol. The monoisotopic (exact) mass is 372 g/mol. The SMILES string of the molecule is CCC(CC)CN1C[C@@]23C=C[C@@H](O2)C(C(=O)N(C)Cc2ccn[nH]2)C3C1=O. The molecule has 0 radical (unpaired) electrons. The number of H-pyrrole nitrogens is 1. The van der Waals surface area contributed by atoms with Gasteiger partial charge in [0.25, 0.3) is 0 Å². The van der Waals surface area contributed by atoms with Crippen LogP contribution in [0.3, 0.4) is 0 Å². The minimum absolute atomic E-state index is 0.0384. The first kappa shape index (κ1) is 18.2. The van der Waals surface area contributed by atoms with Crippen LogP contribution in [0.4, 0.5) is 0 Å². The second-order valence-electron chi connectivity index (χ2n) is 8.08. The Hall–Kier alpha value is -2.15. The first-order valence-corrected chi connectivity index (χ1v) is 9.88. The van der Waals surface area contributed by atoms with Crippen molar-refractivity contribution in [3.63, 3.8) is 0 Å². The van der Waals surface area contributed by atoms with Crippen molar-refractivity contribution in [3.05, 3.63) is 30.1 Å². The highest BCUT2D eigenvalue weighted by Crippen LogP contribution is 2.52. The van der Waals surface area contributed by atoms with E-state index in [-0.39, 0.29) is 17.9 Å². The van der Waals surface area contributed by atoms with E-state index in [1.165, 1.54) is 0 Å². The molecule has 1 aromatic heterocycles. The van der Waals surface area contributed by atoms with Gasteiger partial charge >= 0.3 is 0 Å². The summed E-state index contributed by atoms with van der Waals surface area (Å²) in [7, 11) is 1.77. The summed E-state index contributed by atoms with van der Waals surface area (Å²) in [5, 5.41) is 6.81. The number of aromatic nitrogens is 2. The minimum Gasteiger partial charge on any atom is -0.360 e. The summed E-state index contributed by atoms with van der Waals surface area (Å²) < 4.78 is 6.21. The summed E-state index contributed by atoms with van der Waals surface area (Å²) in [6, 6.07) is 1.85. The van der Waals surface area contributed by atoms with Gasteiger partial charge in [-0.05, 0) is 12.0 Å². The molecule has 1 aromatic rings. The Morgan fingerprint density at radius 3 is 2.93 bits per heavy atom. The van der Waals surface area contributed by atoms with Gasteiger partial charge < -0.3 is 14.5 Å². The fourth-order valence-electron chi connectivity index (χ4n) is 4.83. The molecule has 146 valence electrons. The van der Waals surface area contributed by atoms with Crippen molar-refractivity contribution in [1.82, 2.24) is 20.0 Å². The summed E-state index contributed by atoms with van der Waals surface area (Å²) >= 11 is 0. The lowest BCUT2D eigenvalue weighted by Crippen LogP contribution is -2.44. The number of hydrogen-bond acceptors (Lipinski definition) is 4. The number of aromatic amines is 1. The Labute approximate surface area is 159 Å². The Bertz CT molecular complexity index is 742. The summed E-state index contributed by atoms with van der Waals surface area (Å²) in [6.45, 7) is 6.07. The molecule has 2 fully saturated rings. The summed E-state index contributed by atoms with van der Waals surface area (Å²) in [4.78, 5) is 30.0. The zero-order valence-corrected chi connectivity index (χ0v) is 16.2. The molecule has 7 heteroatoms. The van der Waals surface area contributed by atoms with Crippen molar-refractivity contribution in [2.75, 3.05) is 20.1 Å². The molecule has 4 atom stereocenters. The standard InChI is InChI=1S/C20H28N4O3/c1-4-13(5-2)10-24-12-20-8-6-15(27-20)16(17(20)19(24)26)18(25)23(3)11-14-7-9-21-22-14/h6-9,13,15-17H,4-5,10-12H2,1-3H3,(H,21,22)/t15-,16?,17?,20-/m1/s1. The molecule has 4 rings (SSSR count). The predicted molar refractivity (Wildman–Crippen MR) is 99.4 cm³/mol. The van der Waals surface area contributed by atoms with Crippen LogP contribution < -0.4 is 0 Å². The number of fused-ring (bicyclic) bond motifs is 1. The quantitative estimate of drug-likeness (QED) is 0.737. The van der Waals surface area contributed by atoms with Gasteiger partial charge in [0.15, 0.2) is 0 Å². The first-order valence-electron chi connectivity index (χ1n) is 9.88. The average Bonchev–Trinajstić information content (AvgIpc) is 3.42. The third-order valence-corrected chi connectivity index (χ3v) is 6.44. The molecule has 4 heterocycles. The van der Waals surface area contributed by atoms with Gasteiger partial charge in [-0.3, -0.25) is 14.7 Å². The molecule has 0 aliphatic carbocycles. The van der Waals surface area contributed by atoms with E-state index in [1.807, 2.05) is 23.1 Å². The lowest BCUT2D eigenvalue weighted by molar-refractivity contribution is -0.143. The maximum atomic E-state index is 13.2. The van der Waals surface area contributed by atoms with E-state index in [0.29, 0.717) is 19.0 Å². The van der Waals surface area contributed by atoms with Crippen LogP contribution in [0.1, 0.15) is 32.4 Å². The van der Waals surface area contributed by atoms with Gasteiger partial charge in [0.1, 0.15) is 5.60 Å². The molecule has 2 unspecified atom stereocenters. The maximum Gasteiger partial charge on any atom is 0.230 e. The van der Waals surface area contributed by atoms with Crippen LogP contribution in [0.2, 0.25) is 0 Å².